The number of anilines is 1. The van der Waals surface area contributed by atoms with Gasteiger partial charge in [-0.05, 0) is 25.5 Å². The molecule has 25 heavy (non-hydrogen) atoms. The zero-order valence-corrected chi connectivity index (χ0v) is 15.3. The molecular weight excluding hydrogens is 364 g/mol. The van der Waals surface area contributed by atoms with Gasteiger partial charge in [0.15, 0.2) is 9.50 Å². The first-order chi connectivity index (χ1) is 11.9. The number of hydrazone groups is 1. The van der Waals surface area contributed by atoms with Crippen LogP contribution in [0.1, 0.15) is 16.0 Å². The van der Waals surface area contributed by atoms with Gasteiger partial charge in [0, 0.05) is 16.8 Å². The smallest absolute Gasteiger partial charge is 0.274 e. The van der Waals surface area contributed by atoms with Gasteiger partial charge < -0.3 is 15.1 Å². The lowest BCUT2D eigenvalue weighted by Gasteiger charge is -2.38. The Morgan fingerprint density at radius 1 is 1.48 bits per heavy atom. The summed E-state index contributed by atoms with van der Waals surface area (Å²) in [7, 11) is 0. The highest BCUT2D eigenvalue weighted by molar-refractivity contribution is 7.15. The summed E-state index contributed by atoms with van der Waals surface area (Å²) in [6, 6.07) is 6.23. The van der Waals surface area contributed by atoms with E-state index < -0.39 is 5.03 Å². The van der Waals surface area contributed by atoms with Gasteiger partial charge in [0.05, 0.1) is 19.9 Å². The maximum atomic E-state index is 10.8. The van der Waals surface area contributed by atoms with Crippen molar-refractivity contribution >= 4 is 34.6 Å². The number of rotatable bonds is 4. The SMILES string of the molecule is Cc1ccc(N2CN/C(=N\[N+](=O)[O-])N(Cc3cnc(Cl)s3)C2)c(C)c1. The van der Waals surface area contributed by atoms with Gasteiger partial charge in [-0.2, -0.15) is 0 Å². The van der Waals surface area contributed by atoms with Crippen LogP contribution >= 0.6 is 22.9 Å². The van der Waals surface area contributed by atoms with E-state index in [4.69, 9.17) is 11.6 Å². The summed E-state index contributed by atoms with van der Waals surface area (Å²) >= 11 is 7.23. The number of nitrogens with zero attached hydrogens (tertiary/aromatic N) is 5. The summed E-state index contributed by atoms with van der Waals surface area (Å²) in [5.74, 6) is 0.232. The van der Waals surface area contributed by atoms with Gasteiger partial charge in [-0.15, -0.1) is 11.3 Å². The number of halogens is 1. The van der Waals surface area contributed by atoms with Crippen molar-refractivity contribution in [3.8, 4) is 0 Å². The fraction of sp³-hybridized carbons (Fsp3) is 0.333. The molecule has 0 saturated carbocycles. The molecule has 0 unspecified atom stereocenters. The highest BCUT2D eigenvalue weighted by Gasteiger charge is 2.26. The minimum absolute atomic E-state index is 0.232. The van der Waals surface area contributed by atoms with Crippen molar-refractivity contribution in [1.29, 1.82) is 0 Å². The van der Waals surface area contributed by atoms with E-state index >= 15 is 0 Å². The van der Waals surface area contributed by atoms with Gasteiger partial charge in [-0.1, -0.05) is 29.3 Å². The van der Waals surface area contributed by atoms with Crippen molar-refractivity contribution in [2.75, 3.05) is 18.2 Å². The van der Waals surface area contributed by atoms with Gasteiger partial charge in [0.1, 0.15) is 5.10 Å². The molecule has 10 heteroatoms. The van der Waals surface area contributed by atoms with Crippen LogP contribution in [0, 0.1) is 24.0 Å². The predicted octanol–water partition coefficient (Wildman–Crippen LogP) is 2.79. The summed E-state index contributed by atoms with van der Waals surface area (Å²) in [5.41, 5.74) is 3.42. The second-order valence-corrected chi connectivity index (χ2v) is 7.44. The third-order valence-electron chi connectivity index (χ3n) is 3.81. The summed E-state index contributed by atoms with van der Waals surface area (Å²) in [6.45, 7) is 5.45. The Morgan fingerprint density at radius 3 is 2.92 bits per heavy atom. The van der Waals surface area contributed by atoms with Crippen LogP contribution in [-0.4, -0.2) is 34.2 Å². The van der Waals surface area contributed by atoms with E-state index in [9.17, 15) is 10.1 Å². The topological polar surface area (TPSA) is 86.9 Å². The van der Waals surface area contributed by atoms with Crippen molar-refractivity contribution < 1.29 is 5.03 Å². The number of guanidine groups is 1. The minimum Gasteiger partial charge on any atom is -0.336 e. The molecule has 2 aromatic rings. The summed E-state index contributed by atoms with van der Waals surface area (Å²) in [6.07, 6.45) is 1.67. The number of nitro groups is 1. The number of aromatic nitrogens is 1. The van der Waals surface area contributed by atoms with Crippen LogP contribution in [0.3, 0.4) is 0 Å². The molecule has 1 aromatic heterocycles. The maximum absolute atomic E-state index is 10.8. The Morgan fingerprint density at radius 2 is 2.28 bits per heavy atom. The monoisotopic (exact) mass is 380 g/mol. The molecule has 0 radical (unpaired) electrons. The molecule has 1 saturated heterocycles. The minimum atomic E-state index is -0.693. The van der Waals surface area contributed by atoms with E-state index in [1.807, 2.05) is 6.92 Å². The highest BCUT2D eigenvalue weighted by atomic mass is 35.5. The predicted molar refractivity (Wildman–Crippen MR) is 98.4 cm³/mol. The van der Waals surface area contributed by atoms with Crippen LogP contribution in [0.5, 0.6) is 0 Å². The number of hydrogen-bond acceptors (Lipinski definition) is 5. The standard InChI is InChI=1S/C15H17ClN6O2S/c1-10-3-4-13(11(2)5-10)21-8-18-15(19-22(23)24)20(9-21)7-12-6-17-14(16)25-12/h3-6H,7-9H2,1-2H3,(H,18,19). The van der Waals surface area contributed by atoms with Crippen molar-refractivity contribution in [3.63, 3.8) is 0 Å². The lowest BCUT2D eigenvalue weighted by molar-refractivity contribution is -0.486. The average Bonchev–Trinajstić information content (AvgIpc) is 2.94. The Labute approximate surface area is 153 Å². The van der Waals surface area contributed by atoms with Crippen molar-refractivity contribution in [1.82, 2.24) is 15.2 Å². The number of hydrogen-bond donors (Lipinski definition) is 1. The zero-order chi connectivity index (χ0) is 18.0. The molecule has 3 rings (SSSR count). The molecule has 132 valence electrons. The van der Waals surface area contributed by atoms with Gasteiger partial charge in [-0.3, -0.25) is 0 Å². The Kier molecular flexibility index (Phi) is 5.05. The highest BCUT2D eigenvalue weighted by Crippen LogP contribution is 2.24. The van der Waals surface area contributed by atoms with Crippen LogP contribution in [0.2, 0.25) is 4.47 Å². The first-order valence-corrected chi connectivity index (χ1v) is 8.76. The normalized spacial score (nSPS) is 16.2. The van der Waals surface area contributed by atoms with Crippen LogP contribution in [0.4, 0.5) is 5.69 Å². The fourth-order valence-electron chi connectivity index (χ4n) is 2.77. The Bertz CT molecular complexity index is 824. The lowest BCUT2D eigenvalue weighted by atomic mass is 10.1. The van der Waals surface area contributed by atoms with Crippen molar-refractivity contribution in [2.24, 2.45) is 5.10 Å². The van der Waals surface area contributed by atoms with E-state index in [0.717, 1.165) is 16.1 Å². The summed E-state index contributed by atoms with van der Waals surface area (Å²) in [5, 5.41) is 16.6. The van der Waals surface area contributed by atoms with Crippen LogP contribution in [0.25, 0.3) is 0 Å². The molecule has 2 heterocycles. The molecule has 1 aliphatic rings. The van der Waals surface area contributed by atoms with E-state index in [0.29, 0.717) is 24.3 Å². The van der Waals surface area contributed by atoms with Gasteiger partial charge in [0.25, 0.3) is 5.96 Å². The summed E-state index contributed by atoms with van der Waals surface area (Å²) < 4.78 is 0.443. The third kappa shape index (κ3) is 4.18. The van der Waals surface area contributed by atoms with E-state index in [-0.39, 0.29) is 5.96 Å². The van der Waals surface area contributed by atoms with Crippen LogP contribution in [-0.2, 0) is 6.54 Å². The number of nitrogens with one attached hydrogen (secondary N) is 1. The van der Waals surface area contributed by atoms with Gasteiger partial charge >= 0.3 is 0 Å². The second kappa shape index (κ2) is 7.24. The Hall–Kier alpha value is -2.39. The molecule has 0 atom stereocenters. The number of aryl methyl sites for hydroxylation is 2. The van der Waals surface area contributed by atoms with E-state index in [1.165, 1.54) is 16.9 Å². The van der Waals surface area contributed by atoms with Gasteiger partial charge in [0.2, 0.25) is 0 Å². The van der Waals surface area contributed by atoms with Crippen molar-refractivity contribution in [3.05, 3.63) is 55.0 Å². The second-order valence-electron chi connectivity index (χ2n) is 5.75. The molecule has 0 aliphatic carbocycles. The first kappa shape index (κ1) is 17.4. The lowest BCUT2D eigenvalue weighted by Crippen LogP contribution is -2.57. The maximum Gasteiger partial charge on any atom is 0.274 e. The van der Waals surface area contributed by atoms with Crippen LogP contribution in [0.15, 0.2) is 29.5 Å². The quantitative estimate of drug-likeness (QED) is 0.648. The van der Waals surface area contributed by atoms with E-state index in [1.54, 1.807) is 11.1 Å². The molecule has 1 aromatic carbocycles. The summed E-state index contributed by atoms with van der Waals surface area (Å²) in [4.78, 5) is 19.7. The van der Waals surface area contributed by atoms with E-state index in [2.05, 4.69) is 45.4 Å². The zero-order valence-electron chi connectivity index (χ0n) is 13.8. The molecular formula is C15H17ClN6O2S. The Balaban J connectivity index is 1.85. The van der Waals surface area contributed by atoms with Gasteiger partial charge in [-0.25, -0.2) is 15.1 Å². The first-order valence-electron chi connectivity index (χ1n) is 7.56. The average molecular weight is 381 g/mol. The number of thiazole rings is 1. The third-order valence-corrected chi connectivity index (χ3v) is 4.91. The largest absolute Gasteiger partial charge is 0.336 e. The molecule has 0 amide bonds. The molecule has 1 aliphatic heterocycles. The fourth-order valence-corrected chi connectivity index (χ4v) is 3.76. The molecule has 0 spiro atoms. The molecule has 1 fully saturated rings. The van der Waals surface area contributed by atoms with Crippen LogP contribution < -0.4 is 10.2 Å². The van der Waals surface area contributed by atoms with Crippen molar-refractivity contribution in [2.45, 2.75) is 20.4 Å². The molecule has 0 bridgehead atoms. The molecule has 8 nitrogen and oxygen atoms in total. The molecule has 1 N–H and O–H groups in total. The number of benzene rings is 1.